The highest BCUT2D eigenvalue weighted by molar-refractivity contribution is 5.64. The average molecular weight is 282 g/mol. The van der Waals surface area contributed by atoms with E-state index in [1.54, 1.807) is 0 Å². The van der Waals surface area contributed by atoms with Crippen LogP contribution in [0.3, 0.4) is 0 Å². The SMILES string of the molecule is CCC(NC)c1ccc(-c2ccc(CN(C)C)cc2)cc1. The molecule has 0 aromatic heterocycles. The molecule has 0 saturated heterocycles. The molecule has 0 spiro atoms. The van der Waals surface area contributed by atoms with Crippen LogP contribution in [0.4, 0.5) is 0 Å². The van der Waals surface area contributed by atoms with Crippen molar-refractivity contribution in [1.82, 2.24) is 10.2 Å². The maximum atomic E-state index is 3.35. The molecule has 1 N–H and O–H groups in total. The minimum absolute atomic E-state index is 0.446. The largest absolute Gasteiger partial charge is 0.313 e. The number of nitrogens with one attached hydrogen (secondary N) is 1. The first-order chi connectivity index (χ1) is 10.1. The quantitative estimate of drug-likeness (QED) is 0.858. The van der Waals surface area contributed by atoms with E-state index in [0.717, 1.165) is 13.0 Å². The predicted octanol–water partition coefficient (Wildman–Crippen LogP) is 4.09. The summed E-state index contributed by atoms with van der Waals surface area (Å²) in [5, 5.41) is 3.35. The standard InChI is InChI=1S/C19H26N2/c1-5-19(20-2)18-12-10-17(11-13-18)16-8-6-15(7-9-16)14-21(3)4/h6-13,19-20H,5,14H2,1-4H3. The molecule has 0 bridgehead atoms. The zero-order valence-corrected chi connectivity index (χ0v) is 13.6. The molecule has 0 aliphatic carbocycles. The van der Waals surface area contributed by atoms with Crippen LogP contribution in [0.1, 0.15) is 30.5 Å². The van der Waals surface area contributed by atoms with E-state index in [9.17, 15) is 0 Å². The summed E-state index contributed by atoms with van der Waals surface area (Å²) in [6.45, 7) is 3.19. The molecule has 2 aromatic rings. The van der Waals surface area contributed by atoms with Gasteiger partial charge in [0.15, 0.2) is 0 Å². The van der Waals surface area contributed by atoms with Crippen LogP contribution in [0.2, 0.25) is 0 Å². The third-order valence-electron chi connectivity index (χ3n) is 3.86. The van der Waals surface area contributed by atoms with Crippen molar-refractivity contribution in [3.63, 3.8) is 0 Å². The summed E-state index contributed by atoms with van der Waals surface area (Å²) >= 11 is 0. The lowest BCUT2D eigenvalue weighted by Crippen LogP contribution is -2.14. The fraction of sp³-hybridized carbons (Fsp3) is 0.368. The number of nitrogens with zero attached hydrogens (tertiary/aromatic N) is 1. The third kappa shape index (κ3) is 4.16. The van der Waals surface area contributed by atoms with Crippen molar-refractivity contribution in [1.29, 1.82) is 0 Å². The first kappa shape index (κ1) is 15.7. The van der Waals surface area contributed by atoms with Gasteiger partial charge in [-0.25, -0.2) is 0 Å². The molecule has 0 fully saturated rings. The van der Waals surface area contributed by atoms with Crippen molar-refractivity contribution < 1.29 is 0 Å². The Morgan fingerprint density at radius 1 is 0.905 bits per heavy atom. The van der Waals surface area contributed by atoms with Crippen LogP contribution in [0.15, 0.2) is 48.5 Å². The molecule has 21 heavy (non-hydrogen) atoms. The second kappa shape index (κ2) is 7.39. The van der Waals surface area contributed by atoms with Crippen molar-refractivity contribution in [2.45, 2.75) is 25.9 Å². The summed E-state index contributed by atoms with van der Waals surface area (Å²) in [5.74, 6) is 0. The van der Waals surface area contributed by atoms with E-state index >= 15 is 0 Å². The highest BCUT2D eigenvalue weighted by Gasteiger charge is 2.06. The molecule has 0 radical (unpaired) electrons. The minimum atomic E-state index is 0.446. The number of hydrogen-bond acceptors (Lipinski definition) is 2. The van der Waals surface area contributed by atoms with Gasteiger partial charge in [0.25, 0.3) is 0 Å². The van der Waals surface area contributed by atoms with E-state index in [0.29, 0.717) is 6.04 Å². The summed E-state index contributed by atoms with van der Waals surface area (Å²) in [6, 6.07) is 18.2. The van der Waals surface area contributed by atoms with Gasteiger partial charge in [-0.1, -0.05) is 55.5 Å². The Morgan fingerprint density at radius 3 is 1.86 bits per heavy atom. The first-order valence-corrected chi connectivity index (χ1v) is 7.65. The molecular weight excluding hydrogens is 256 g/mol. The molecule has 0 saturated carbocycles. The van der Waals surface area contributed by atoms with E-state index < -0.39 is 0 Å². The van der Waals surface area contributed by atoms with Gasteiger partial charge in [-0.05, 0) is 49.8 Å². The van der Waals surface area contributed by atoms with Gasteiger partial charge < -0.3 is 10.2 Å². The summed E-state index contributed by atoms with van der Waals surface area (Å²) in [5.41, 5.74) is 5.26. The second-order valence-electron chi connectivity index (χ2n) is 5.81. The molecule has 0 aliphatic heterocycles. The van der Waals surface area contributed by atoms with E-state index in [1.807, 2.05) is 7.05 Å². The molecule has 1 atom stereocenters. The fourth-order valence-electron chi connectivity index (χ4n) is 2.68. The Kier molecular flexibility index (Phi) is 5.54. The van der Waals surface area contributed by atoms with Crippen molar-refractivity contribution in [2.24, 2.45) is 0 Å². The molecule has 2 aromatic carbocycles. The van der Waals surface area contributed by atoms with E-state index in [2.05, 4.69) is 79.8 Å². The summed E-state index contributed by atoms with van der Waals surface area (Å²) in [6.07, 6.45) is 1.11. The first-order valence-electron chi connectivity index (χ1n) is 7.65. The van der Waals surface area contributed by atoms with Crippen LogP contribution >= 0.6 is 0 Å². The van der Waals surface area contributed by atoms with Crippen molar-refractivity contribution in [3.05, 3.63) is 59.7 Å². The Bertz CT molecular complexity index is 537. The van der Waals surface area contributed by atoms with E-state index in [4.69, 9.17) is 0 Å². The number of hydrogen-bond donors (Lipinski definition) is 1. The Hall–Kier alpha value is -1.64. The van der Waals surface area contributed by atoms with Gasteiger partial charge in [0.2, 0.25) is 0 Å². The maximum absolute atomic E-state index is 3.35. The fourth-order valence-corrected chi connectivity index (χ4v) is 2.68. The lowest BCUT2D eigenvalue weighted by molar-refractivity contribution is 0.402. The highest BCUT2D eigenvalue weighted by atomic mass is 15.0. The van der Waals surface area contributed by atoms with Gasteiger partial charge in [-0.2, -0.15) is 0 Å². The molecule has 112 valence electrons. The average Bonchev–Trinajstić information content (AvgIpc) is 2.49. The van der Waals surface area contributed by atoms with Crippen LogP contribution in [0.5, 0.6) is 0 Å². The van der Waals surface area contributed by atoms with E-state index in [-0.39, 0.29) is 0 Å². The van der Waals surface area contributed by atoms with Gasteiger partial charge in [0.1, 0.15) is 0 Å². The van der Waals surface area contributed by atoms with Crippen LogP contribution < -0.4 is 5.32 Å². The molecule has 0 heterocycles. The molecule has 0 aliphatic rings. The second-order valence-corrected chi connectivity index (χ2v) is 5.81. The monoisotopic (exact) mass is 282 g/mol. The highest BCUT2D eigenvalue weighted by Crippen LogP contribution is 2.23. The summed E-state index contributed by atoms with van der Waals surface area (Å²) in [4.78, 5) is 2.19. The Balaban J connectivity index is 2.15. The molecule has 2 heteroatoms. The molecule has 1 unspecified atom stereocenters. The smallest absolute Gasteiger partial charge is 0.0314 e. The van der Waals surface area contributed by atoms with Crippen LogP contribution in [-0.4, -0.2) is 26.0 Å². The van der Waals surface area contributed by atoms with Crippen LogP contribution in [0, 0.1) is 0 Å². The summed E-state index contributed by atoms with van der Waals surface area (Å²) in [7, 11) is 6.21. The van der Waals surface area contributed by atoms with Gasteiger partial charge in [-0.3, -0.25) is 0 Å². The lowest BCUT2D eigenvalue weighted by Gasteiger charge is -2.15. The topological polar surface area (TPSA) is 15.3 Å². The third-order valence-corrected chi connectivity index (χ3v) is 3.86. The van der Waals surface area contributed by atoms with Gasteiger partial charge in [0.05, 0.1) is 0 Å². The predicted molar refractivity (Wildman–Crippen MR) is 91.4 cm³/mol. The normalized spacial score (nSPS) is 12.6. The molecule has 2 nitrogen and oxygen atoms in total. The molecular formula is C19H26N2. The van der Waals surface area contributed by atoms with Crippen LogP contribution in [0.25, 0.3) is 11.1 Å². The van der Waals surface area contributed by atoms with E-state index in [1.165, 1.54) is 22.3 Å². The zero-order valence-electron chi connectivity index (χ0n) is 13.6. The Morgan fingerprint density at radius 2 is 1.43 bits per heavy atom. The van der Waals surface area contributed by atoms with Crippen molar-refractivity contribution >= 4 is 0 Å². The lowest BCUT2D eigenvalue weighted by atomic mass is 9.99. The Labute approximate surface area is 128 Å². The maximum Gasteiger partial charge on any atom is 0.0314 e. The zero-order chi connectivity index (χ0) is 15.2. The molecule has 2 rings (SSSR count). The van der Waals surface area contributed by atoms with Crippen molar-refractivity contribution in [3.8, 4) is 11.1 Å². The van der Waals surface area contributed by atoms with Crippen molar-refractivity contribution in [2.75, 3.05) is 21.1 Å². The van der Waals surface area contributed by atoms with Gasteiger partial charge in [0, 0.05) is 12.6 Å². The summed E-state index contributed by atoms with van der Waals surface area (Å²) < 4.78 is 0. The molecule has 0 amide bonds. The minimum Gasteiger partial charge on any atom is -0.313 e. The van der Waals surface area contributed by atoms with Gasteiger partial charge >= 0.3 is 0 Å². The number of benzene rings is 2. The van der Waals surface area contributed by atoms with Gasteiger partial charge in [-0.15, -0.1) is 0 Å². The number of rotatable bonds is 6. The van der Waals surface area contributed by atoms with Crippen LogP contribution in [-0.2, 0) is 6.54 Å².